The van der Waals surface area contributed by atoms with Gasteiger partial charge < -0.3 is 14.5 Å². The number of anilines is 2. The second kappa shape index (κ2) is 6.93. The molecule has 0 bridgehead atoms. The Morgan fingerprint density at radius 3 is 1.93 bits per heavy atom. The van der Waals surface area contributed by atoms with E-state index in [1.807, 2.05) is 24.3 Å². The Morgan fingerprint density at radius 1 is 0.857 bits per heavy atom. The van der Waals surface area contributed by atoms with Crippen LogP contribution in [0.1, 0.15) is 18.4 Å². The topological polar surface area (TPSA) is 39.5 Å². The molecule has 0 aliphatic carbocycles. The van der Waals surface area contributed by atoms with E-state index in [4.69, 9.17) is 5.26 Å². The average molecular weight is 387 g/mol. The van der Waals surface area contributed by atoms with E-state index in [1.54, 1.807) is 12.1 Å². The van der Waals surface area contributed by atoms with Gasteiger partial charge in [0.05, 0.1) is 11.6 Å². The fourth-order valence-electron chi connectivity index (χ4n) is 4.11. The lowest BCUT2D eigenvalue weighted by atomic mass is 9.71. The molecule has 0 atom stereocenters. The molecule has 4 rings (SSSR count). The van der Waals surface area contributed by atoms with Gasteiger partial charge in [0.15, 0.2) is 0 Å². The van der Waals surface area contributed by atoms with Crippen molar-refractivity contribution in [2.45, 2.75) is 19.2 Å². The van der Waals surface area contributed by atoms with Crippen molar-refractivity contribution in [2.24, 2.45) is 5.41 Å². The third-order valence-electron chi connectivity index (χ3n) is 5.67. The van der Waals surface area contributed by atoms with Crippen molar-refractivity contribution in [3.8, 4) is 11.8 Å². The van der Waals surface area contributed by atoms with Gasteiger partial charge in [0, 0.05) is 43.0 Å². The molecule has 0 saturated carbocycles. The molecule has 2 aliphatic rings. The normalized spacial score (nSPS) is 18.5. The van der Waals surface area contributed by atoms with Crippen LogP contribution in [-0.4, -0.2) is 32.5 Å². The first-order valence-corrected chi connectivity index (χ1v) is 9.22. The zero-order valence-corrected chi connectivity index (χ0v) is 15.2. The van der Waals surface area contributed by atoms with Gasteiger partial charge in [-0.05, 0) is 61.4 Å². The molecule has 7 heteroatoms. The molecule has 0 unspecified atom stereocenters. The number of alkyl halides is 3. The molecule has 0 N–H and O–H groups in total. The molecule has 2 saturated heterocycles. The van der Waals surface area contributed by atoms with Crippen molar-refractivity contribution in [3.63, 3.8) is 0 Å². The largest absolute Gasteiger partial charge is 0.573 e. The van der Waals surface area contributed by atoms with Crippen LogP contribution in [0.4, 0.5) is 24.5 Å². The van der Waals surface area contributed by atoms with E-state index in [1.165, 1.54) is 12.1 Å². The number of halogens is 3. The predicted molar refractivity (Wildman–Crippen MR) is 100 cm³/mol. The molecule has 0 radical (unpaired) electrons. The zero-order valence-electron chi connectivity index (χ0n) is 15.2. The van der Waals surface area contributed by atoms with Crippen LogP contribution in [-0.2, 0) is 0 Å². The van der Waals surface area contributed by atoms with Crippen LogP contribution < -0.4 is 14.5 Å². The summed E-state index contributed by atoms with van der Waals surface area (Å²) in [5, 5.41) is 8.90. The molecule has 2 aliphatic heterocycles. The molecule has 2 heterocycles. The summed E-state index contributed by atoms with van der Waals surface area (Å²) in [6.45, 7) is 3.79. The second-order valence-corrected chi connectivity index (χ2v) is 7.54. The highest BCUT2D eigenvalue weighted by molar-refractivity contribution is 5.54. The fraction of sp³-hybridized carbons (Fsp3) is 0.381. The van der Waals surface area contributed by atoms with Gasteiger partial charge in [0.1, 0.15) is 5.75 Å². The number of rotatable bonds is 3. The van der Waals surface area contributed by atoms with Crippen molar-refractivity contribution in [1.29, 1.82) is 5.26 Å². The Labute approximate surface area is 161 Å². The Bertz CT molecular complexity index is 856. The number of piperidine rings is 1. The SMILES string of the molecule is N#Cc1ccc(N2CC3(CCN(c4ccc(OC(F)(F)F)cc4)CC3)C2)cc1. The van der Waals surface area contributed by atoms with E-state index in [9.17, 15) is 13.2 Å². The van der Waals surface area contributed by atoms with Crippen LogP contribution >= 0.6 is 0 Å². The maximum absolute atomic E-state index is 12.3. The third-order valence-corrected chi connectivity index (χ3v) is 5.67. The van der Waals surface area contributed by atoms with E-state index in [-0.39, 0.29) is 5.75 Å². The molecule has 2 fully saturated rings. The molecule has 1 spiro atoms. The van der Waals surface area contributed by atoms with Crippen molar-refractivity contribution in [3.05, 3.63) is 54.1 Å². The number of ether oxygens (including phenoxy) is 1. The summed E-state index contributed by atoms with van der Waals surface area (Å²) in [6, 6.07) is 15.9. The summed E-state index contributed by atoms with van der Waals surface area (Å²) in [7, 11) is 0. The highest BCUT2D eigenvalue weighted by Gasteiger charge is 2.44. The summed E-state index contributed by atoms with van der Waals surface area (Å²) in [4.78, 5) is 4.55. The summed E-state index contributed by atoms with van der Waals surface area (Å²) < 4.78 is 40.7. The highest BCUT2D eigenvalue weighted by atomic mass is 19.4. The van der Waals surface area contributed by atoms with Gasteiger partial charge in [-0.25, -0.2) is 0 Å². The zero-order chi connectivity index (χ0) is 19.8. The Balaban J connectivity index is 1.31. The van der Waals surface area contributed by atoms with E-state index >= 15 is 0 Å². The summed E-state index contributed by atoms with van der Waals surface area (Å²) >= 11 is 0. The minimum atomic E-state index is -4.66. The van der Waals surface area contributed by atoms with Gasteiger partial charge in [-0.1, -0.05) is 0 Å². The first-order valence-electron chi connectivity index (χ1n) is 9.22. The maximum atomic E-state index is 12.3. The molecule has 28 heavy (non-hydrogen) atoms. The van der Waals surface area contributed by atoms with Gasteiger partial charge in [0.2, 0.25) is 0 Å². The van der Waals surface area contributed by atoms with Gasteiger partial charge in [-0.3, -0.25) is 0 Å². The Hall–Kier alpha value is -2.88. The first kappa shape index (κ1) is 18.5. The van der Waals surface area contributed by atoms with Crippen LogP contribution in [0.25, 0.3) is 0 Å². The number of nitriles is 1. The second-order valence-electron chi connectivity index (χ2n) is 7.54. The summed E-state index contributed by atoms with van der Waals surface area (Å²) in [5.74, 6) is -0.193. The predicted octanol–water partition coefficient (Wildman–Crippen LogP) is 4.56. The molecule has 0 aromatic heterocycles. The minimum absolute atomic E-state index is 0.193. The Morgan fingerprint density at radius 2 is 1.39 bits per heavy atom. The van der Waals surface area contributed by atoms with Crippen molar-refractivity contribution >= 4 is 11.4 Å². The van der Waals surface area contributed by atoms with E-state index in [2.05, 4.69) is 20.6 Å². The van der Waals surface area contributed by atoms with Crippen molar-refractivity contribution in [1.82, 2.24) is 0 Å². The molecular formula is C21H20F3N3O. The number of hydrogen-bond donors (Lipinski definition) is 0. The van der Waals surface area contributed by atoms with Crippen molar-refractivity contribution < 1.29 is 17.9 Å². The molecule has 4 nitrogen and oxygen atoms in total. The quantitative estimate of drug-likeness (QED) is 0.774. The van der Waals surface area contributed by atoms with E-state index in [0.29, 0.717) is 11.0 Å². The van der Waals surface area contributed by atoms with E-state index in [0.717, 1.165) is 50.4 Å². The number of hydrogen-bond acceptors (Lipinski definition) is 4. The highest BCUT2D eigenvalue weighted by Crippen LogP contribution is 2.43. The molecule has 2 aromatic carbocycles. The van der Waals surface area contributed by atoms with Crippen LogP contribution in [0.3, 0.4) is 0 Å². The van der Waals surface area contributed by atoms with Crippen LogP contribution in [0.15, 0.2) is 48.5 Å². The Kier molecular flexibility index (Phi) is 4.58. The lowest BCUT2D eigenvalue weighted by molar-refractivity contribution is -0.274. The van der Waals surface area contributed by atoms with Crippen LogP contribution in [0.2, 0.25) is 0 Å². The smallest absolute Gasteiger partial charge is 0.406 e. The number of nitrogens with zero attached hydrogens (tertiary/aromatic N) is 3. The van der Waals surface area contributed by atoms with Gasteiger partial charge in [-0.15, -0.1) is 13.2 Å². The van der Waals surface area contributed by atoms with Crippen molar-refractivity contribution in [2.75, 3.05) is 36.0 Å². The van der Waals surface area contributed by atoms with Gasteiger partial charge in [-0.2, -0.15) is 5.26 Å². The number of benzene rings is 2. The molecule has 2 aromatic rings. The monoisotopic (exact) mass is 387 g/mol. The average Bonchev–Trinajstić information content (AvgIpc) is 2.66. The van der Waals surface area contributed by atoms with Gasteiger partial charge >= 0.3 is 6.36 Å². The standard InChI is InChI=1S/C21H20F3N3O/c22-21(23,24)28-19-7-5-17(6-8-19)26-11-9-20(10-12-26)14-27(15-20)18-3-1-16(13-25)2-4-18/h1-8H,9-12,14-15H2. The maximum Gasteiger partial charge on any atom is 0.573 e. The van der Waals surface area contributed by atoms with Gasteiger partial charge in [0.25, 0.3) is 0 Å². The fourth-order valence-corrected chi connectivity index (χ4v) is 4.11. The van der Waals surface area contributed by atoms with Crippen LogP contribution in [0, 0.1) is 16.7 Å². The molecular weight excluding hydrogens is 367 g/mol. The minimum Gasteiger partial charge on any atom is -0.406 e. The first-order chi connectivity index (χ1) is 13.4. The lowest BCUT2D eigenvalue weighted by Crippen LogP contribution is -2.60. The molecule has 146 valence electrons. The molecule has 0 amide bonds. The summed E-state index contributed by atoms with van der Waals surface area (Å²) in [6.07, 6.45) is -2.55. The lowest BCUT2D eigenvalue weighted by Gasteiger charge is -2.55. The third kappa shape index (κ3) is 3.86. The summed E-state index contributed by atoms with van der Waals surface area (Å²) in [5.41, 5.74) is 3.04. The van der Waals surface area contributed by atoms with Crippen LogP contribution in [0.5, 0.6) is 5.75 Å². The van der Waals surface area contributed by atoms with E-state index < -0.39 is 6.36 Å².